The van der Waals surface area contributed by atoms with Gasteiger partial charge < -0.3 is 16.0 Å². The summed E-state index contributed by atoms with van der Waals surface area (Å²) >= 11 is 0. The molecule has 0 aromatic carbocycles. The second-order valence-corrected chi connectivity index (χ2v) is 6.50. The molecule has 0 aliphatic carbocycles. The van der Waals surface area contributed by atoms with Crippen LogP contribution < -0.4 is 11.1 Å². The molecule has 0 radical (unpaired) electrons. The highest BCUT2D eigenvalue weighted by molar-refractivity contribution is 5.84. The molecule has 2 unspecified atom stereocenters. The van der Waals surface area contributed by atoms with Gasteiger partial charge in [0.15, 0.2) is 0 Å². The number of hydrogen-bond acceptors (Lipinski definition) is 4. The predicted molar refractivity (Wildman–Crippen MR) is 88.3 cm³/mol. The average Bonchev–Trinajstić information content (AvgIpc) is 2.45. The van der Waals surface area contributed by atoms with Gasteiger partial charge in [-0.15, -0.1) is 0 Å². The monoisotopic (exact) mass is 298 g/mol. The zero-order valence-corrected chi connectivity index (χ0v) is 14.3. The van der Waals surface area contributed by atoms with Crippen molar-refractivity contribution in [3.05, 3.63) is 0 Å². The van der Waals surface area contributed by atoms with Crippen LogP contribution in [0.1, 0.15) is 47.0 Å². The third-order valence-electron chi connectivity index (χ3n) is 4.72. The van der Waals surface area contributed by atoms with Gasteiger partial charge >= 0.3 is 0 Å². The van der Waals surface area contributed by atoms with Crippen LogP contribution >= 0.6 is 0 Å². The van der Waals surface area contributed by atoms with Gasteiger partial charge in [0, 0.05) is 25.7 Å². The van der Waals surface area contributed by atoms with Crippen LogP contribution in [0.5, 0.6) is 0 Å². The first-order valence-electron chi connectivity index (χ1n) is 8.44. The lowest BCUT2D eigenvalue weighted by Gasteiger charge is -2.39. The third kappa shape index (κ3) is 5.57. The molecular weight excluding hydrogens is 264 g/mol. The minimum absolute atomic E-state index is 0.236. The molecule has 0 aromatic rings. The number of nitrogens with one attached hydrogen (secondary N) is 1. The molecule has 0 saturated carbocycles. The Morgan fingerprint density at radius 1 is 1.38 bits per heavy atom. The van der Waals surface area contributed by atoms with Crippen molar-refractivity contribution in [1.29, 1.82) is 0 Å². The number of amides is 1. The molecule has 1 amide bonds. The Morgan fingerprint density at radius 2 is 2.10 bits per heavy atom. The Bertz CT molecular complexity index is 323. The normalized spacial score (nSPS) is 23.9. The highest BCUT2D eigenvalue weighted by Crippen LogP contribution is 2.15. The standard InChI is InChI=1S/C16H34N4O/c1-5-9-18-16(4,15(17)21)8-7-10-19-11-12-20(6-2)14(3)13-19/h14,18H,5-13H2,1-4H3,(H2,17,21). The zero-order valence-electron chi connectivity index (χ0n) is 14.3. The molecule has 1 heterocycles. The molecule has 1 aliphatic rings. The van der Waals surface area contributed by atoms with Crippen molar-refractivity contribution in [1.82, 2.24) is 15.1 Å². The number of carbonyl (C=O) groups is 1. The van der Waals surface area contributed by atoms with Crippen LogP contribution in [0, 0.1) is 0 Å². The molecule has 1 aliphatic heterocycles. The Kier molecular flexibility index (Phi) is 7.63. The predicted octanol–water partition coefficient (Wildman–Crippen LogP) is 1.04. The lowest BCUT2D eigenvalue weighted by Crippen LogP contribution is -2.54. The molecule has 0 spiro atoms. The summed E-state index contributed by atoms with van der Waals surface area (Å²) < 4.78 is 0. The highest BCUT2D eigenvalue weighted by Gasteiger charge is 2.30. The van der Waals surface area contributed by atoms with Gasteiger partial charge in [-0.05, 0) is 52.7 Å². The highest BCUT2D eigenvalue weighted by atomic mass is 16.1. The van der Waals surface area contributed by atoms with E-state index in [4.69, 9.17) is 5.73 Å². The molecule has 21 heavy (non-hydrogen) atoms. The summed E-state index contributed by atoms with van der Waals surface area (Å²) in [5.41, 5.74) is 5.00. The van der Waals surface area contributed by atoms with Crippen LogP contribution in [-0.2, 0) is 4.79 Å². The van der Waals surface area contributed by atoms with E-state index in [0.717, 1.165) is 58.5 Å². The van der Waals surface area contributed by atoms with E-state index in [1.807, 2.05) is 6.92 Å². The third-order valence-corrected chi connectivity index (χ3v) is 4.72. The van der Waals surface area contributed by atoms with Gasteiger partial charge in [0.1, 0.15) is 0 Å². The maximum Gasteiger partial charge on any atom is 0.237 e. The van der Waals surface area contributed by atoms with E-state index < -0.39 is 5.54 Å². The number of primary amides is 1. The number of carbonyl (C=O) groups excluding carboxylic acids is 1. The largest absolute Gasteiger partial charge is 0.368 e. The van der Waals surface area contributed by atoms with Crippen molar-refractivity contribution in [3.63, 3.8) is 0 Å². The van der Waals surface area contributed by atoms with E-state index in [0.29, 0.717) is 6.04 Å². The van der Waals surface area contributed by atoms with Gasteiger partial charge in [-0.3, -0.25) is 9.69 Å². The Morgan fingerprint density at radius 3 is 2.62 bits per heavy atom. The molecule has 5 nitrogen and oxygen atoms in total. The number of hydrogen-bond donors (Lipinski definition) is 2. The van der Waals surface area contributed by atoms with E-state index in [9.17, 15) is 4.79 Å². The van der Waals surface area contributed by atoms with Crippen molar-refractivity contribution in [2.45, 2.75) is 58.5 Å². The van der Waals surface area contributed by atoms with E-state index >= 15 is 0 Å². The van der Waals surface area contributed by atoms with Gasteiger partial charge in [-0.2, -0.15) is 0 Å². The summed E-state index contributed by atoms with van der Waals surface area (Å²) in [6.07, 6.45) is 2.83. The second kappa shape index (κ2) is 8.71. The van der Waals surface area contributed by atoms with Gasteiger partial charge in [-0.1, -0.05) is 13.8 Å². The minimum Gasteiger partial charge on any atom is -0.368 e. The molecule has 1 fully saturated rings. The summed E-state index contributed by atoms with van der Waals surface area (Å²) in [6.45, 7) is 15.0. The molecule has 2 atom stereocenters. The van der Waals surface area contributed by atoms with Crippen molar-refractivity contribution < 1.29 is 4.79 Å². The maximum absolute atomic E-state index is 11.7. The number of nitrogens with two attached hydrogens (primary N) is 1. The number of likely N-dealkylation sites (N-methyl/N-ethyl adjacent to an activating group) is 1. The average molecular weight is 298 g/mol. The first-order valence-corrected chi connectivity index (χ1v) is 8.44. The quantitative estimate of drug-likeness (QED) is 0.667. The smallest absolute Gasteiger partial charge is 0.237 e. The Balaban J connectivity index is 2.36. The fourth-order valence-electron chi connectivity index (χ4n) is 3.10. The van der Waals surface area contributed by atoms with Gasteiger partial charge in [0.25, 0.3) is 0 Å². The topological polar surface area (TPSA) is 61.6 Å². The molecular formula is C16H34N4O. The summed E-state index contributed by atoms with van der Waals surface area (Å²) in [4.78, 5) is 16.7. The minimum atomic E-state index is -0.563. The van der Waals surface area contributed by atoms with Gasteiger partial charge in [0.05, 0.1) is 5.54 Å². The van der Waals surface area contributed by atoms with Gasteiger partial charge in [0.2, 0.25) is 5.91 Å². The maximum atomic E-state index is 11.7. The second-order valence-electron chi connectivity index (χ2n) is 6.50. The van der Waals surface area contributed by atoms with Gasteiger partial charge in [-0.25, -0.2) is 0 Å². The molecule has 1 saturated heterocycles. The summed E-state index contributed by atoms with van der Waals surface area (Å²) in [5, 5.41) is 3.31. The Hall–Kier alpha value is -0.650. The van der Waals surface area contributed by atoms with Crippen LogP contribution in [0.3, 0.4) is 0 Å². The van der Waals surface area contributed by atoms with Crippen molar-refractivity contribution >= 4 is 5.91 Å². The molecule has 1 rings (SSSR count). The van der Waals surface area contributed by atoms with Crippen LogP contribution in [0.2, 0.25) is 0 Å². The van der Waals surface area contributed by atoms with Crippen LogP contribution in [-0.4, -0.2) is 66.6 Å². The van der Waals surface area contributed by atoms with E-state index in [-0.39, 0.29) is 5.91 Å². The molecule has 0 aromatic heterocycles. The molecule has 3 N–H and O–H groups in total. The lowest BCUT2D eigenvalue weighted by molar-refractivity contribution is -0.124. The van der Waals surface area contributed by atoms with Crippen molar-refractivity contribution in [3.8, 4) is 0 Å². The molecule has 5 heteroatoms. The first kappa shape index (κ1) is 18.4. The van der Waals surface area contributed by atoms with Crippen LogP contribution in [0.25, 0.3) is 0 Å². The van der Waals surface area contributed by atoms with Crippen molar-refractivity contribution in [2.75, 3.05) is 39.3 Å². The summed E-state index contributed by atoms with van der Waals surface area (Å²) in [7, 11) is 0. The fraction of sp³-hybridized carbons (Fsp3) is 0.938. The summed E-state index contributed by atoms with van der Waals surface area (Å²) in [6, 6.07) is 0.629. The fourth-order valence-corrected chi connectivity index (χ4v) is 3.10. The number of piperazine rings is 1. The zero-order chi connectivity index (χ0) is 15.9. The SMILES string of the molecule is CCCNC(C)(CCCN1CCN(CC)C(C)C1)C(N)=O. The number of nitrogens with zero attached hydrogens (tertiary/aromatic N) is 2. The van der Waals surface area contributed by atoms with Crippen LogP contribution in [0.15, 0.2) is 0 Å². The molecule has 0 bridgehead atoms. The van der Waals surface area contributed by atoms with E-state index in [2.05, 4.69) is 35.9 Å². The Labute approximate surface area is 130 Å². The first-order chi connectivity index (χ1) is 9.92. The summed E-state index contributed by atoms with van der Waals surface area (Å²) in [5.74, 6) is -0.236. The molecule has 124 valence electrons. The van der Waals surface area contributed by atoms with Crippen molar-refractivity contribution in [2.24, 2.45) is 5.73 Å². The van der Waals surface area contributed by atoms with Crippen LogP contribution in [0.4, 0.5) is 0 Å². The number of rotatable bonds is 9. The van der Waals surface area contributed by atoms with E-state index in [1.54, 1.807) is 0 Å². The lowest BCUT2D eigenvalue weighted by atomic mass is 9.94. The van der Waals surface area contributed by atoms with E-state index in [1.165, 1.54) is 0 Å².